The molecular weight excluding hydrogens is 540 g/mol. The fraction of sp³-hybridized carbons (Fsp3) is 0.0526. The minimum absolute atomic E-state index is 0.819. The average molecular weight is 569 g/mol. The molecule has 0 fully saturated rings. The molecular formula is C38H28N6. The number of hydrogen-bond donors (Lipinski definition) is 0. The first-order chi connectivity index (χ1) is 21.7. The Kier molecular flexibility index (Phi) is 6.12. The molecule has 0 aliphatic heterocycles. The minimum atomic E-state index is 0.819. The van der Waals surface area contributed by atoms with Crippen molar-refractivity contribution in [2.45, 2.75) is 13.8 Å². The second kappa shape index (κ2) is 10.4. The Labute approximate surface area is 255 Å². The number of para-hydroxylation sites is 6. The number of imidazole rings is 2. The summed E-state index contributed by atoms with van der Waals surface area (Å²) >= 11 is 0. The molecule has 0 radical (unpaired) electrons. The summed E-state index contributed by atoms with van der Waals surface area (Å²) in [4.78, 5) is 19.6. The van der Waals surface area contributed by atoms with Gasteiger partial charge in [0.1, 0.15) is 11.6 Å². The fourth-order valence-corrected chi connectivity index (χ4v) is 6.32. The molecule has 6 heteroatoms. The van der Waals surface area contributed by atoms with E-state index in [4.69, 9.17) is 19.9 Å². The summed E-state index contributed by atoms with van der Waals surface area (Å²) in [6.45, 7) is 4.10. The van der Waals surface area contributed by atoms with E-state index in [9.17, 15) is 0 Å². The molecule has 0 aliphatic rings. The van der Waals surface area contributed by atoms with E-state index in [-0.39, 0.29) is 0 Å². The normalized spacial score (nSPS) is 11.4. The molecule has 210 valence electrons. The van der Waals surface area contributed by atoms with E-state index in [0.717, 1.165) is 78.7 Å². The van der Waals surface area contributed by atoms with E-state index in [1.807, 2.05) is 36.7 Å². The van der Waals surface area contributed by atoms with Crippen molar-refractivity contribution in [3.05, 3.63) is 145 Å². The van der Waals surface area contributed by atoms with Crippen LogP contribution in [0.2, 0.25) is 0 Å². The van der Waals surface area contributed by atoms with Crippen molar-refractivity contribution in [2.75, 3.05) is 0 Å². The lowest BCUT2D eigenvalue weighted by Crippen LogP contribution is -2.03. The quantitative estimate of drug-likeness (QED) is 0.208. The summed E-state index contributed by atoms with van der Waals surface area (Å²) in [7, 11) is 0. The van der Waals surface area contributed by atoms with Crippen molar-refractivity contribution in [3.63, 3.8) is 0 Å². The van der Waals surface area contributed by atoms with Gasteiger partial charge in [0.25, 0.3) is 0 Å². The number of nitrogens with zero attached hydrogens (tertiary/aromatic N) is 6. The molecule has 0 amide bonds. The molecule has 0 spiro atoms. The summed E-state index contributed by atoms with van der Waals surface area (Å²) in [5, 5.41) is 0. The number of hydrogen-bond acceptors (Lipinski definition) is 4. The van der Waals surface area contributed by atoms with Crippen LogP contribution in [0.3, 0.4) is 0 Å². The highest BCUT2D eigenvalue weighted by molar-refractivity contribution is 5.93. The number of aryl methyl sites for hydroxylation is 2. The first kappa shape index (κ1) is 25.8. The van der Waals surface area contributed by atoms with Gasteiger partial charge in [-0.1, -0.05) is 72.8 Å². The number of fused-ring (bicyclic) bond motifs is 2. The monoisotopic (exact) mass is 568 g/mol. The van der Waals surface area contributed by atoms with Gasteiger partial charge < -0.3 is 0 Å². The Bertz CT molecular complexity index is 2160. The standard InChI is InChI=1S/C38H28N6/c1-25-41-31-17-5-9-21-35(31)43(25)33-19-7-3-13-27(33)29-15-11-23-39-37(29)38-30(16-12-24-40-38)28-14-4-8-20-34(28)44-26(2)42-32-18-6-10-22-36(32)44/h3-24H,1-2H3. The number of rotatable bonds is 5. The van der Waals surface area contributed by atoms with E-state index in [0.29, 0.717) is 0 Å². The summed E-state index contributed by atoms with van der Waals surface area (Å²) in [5.41, 5.74) is 11.9. The molecule has 6 nitrogen and oxygen atoms in total. The predicted octanol–water partition coefficient (Wildman–Crippen LogP) is 8.77. The van der Waals surface area contributed by atoms with Gasteiger partial charge in [-0.25, -0.2) is 9.97 Å². The maximum absolute atomic E-state index is 4.97. The maximum atomic E-state index is 4.97. The molecule has 0 atom stereocenters. The van der Waals surface area contributed by atoms with Crippen LogP contribution in [0.4, 0.5) is 0 Å². The Hall–Kier alpha value is -5.88. The number of aromatic nitrogens is 6. The van der Waals surface area contributed by atoms with Crippen LogP contribution in [0.15, 0.2) is 134 Å². The fourth-order valence-electron chi connectivity index (χ4n) is 6.32. The second-order valence-corrected chi connectivity index (χ2v) is 10.8. The SMILES string of the molecule is Cc1nc2ccccc2n1-c1ccccc1-c1cccnc1-c1ncccc1-c1ccccc1-n1c(C)nc2ccccc21. The smallest absolute Gasteiger partial charge is 0.111 e. The van der Waals surface area contributed by atoms with Crippen molar-refractivity contribution in [1.29, 1.82) is 0 Å². The van der Waals surface area contributed by atoms with E-state index in [1.54, 1.807) is 0 Å². The van der Waals surface area contributed by atoms with E-state index in [1.165, 1.54) is 0 Å². The zero-order valence-corrected chi connectivity index (χ0v) is 24.4. The van der Waals surface area contributed by atoms with Crippen LogP contribution in [0.1, 0.15) is 11.6 Å². The average Bonchev–Trinajstić information content (AvgIpc) is 3.59. The van der Waals surface area contributed by atoms with Crippen LogP contribution in [0.5, 0.6) is 0 Å². The summed E-state index contributed by atoms with van der Waals surface area (Å²) in [5.74, 6) is 1.86. The van der Waals surface area contributed by atoms with Gasteiger partial charge in [-0.2, -0.15) is 0 Å². The zero-order chi connectivity index (χ0) is 29.6. The molecule has 0 saturated carbocycles. The highest BCUT2D eigenvalue weighted by Crippen LogP contribution is 2.40. The van der Waals surface area contributed by atoms with Crippen molar-refractivity contribution < 1.29 is 0 Å². The van der Waals surface area contributed by atoms with Crippen molar-refractivity contribution in [2.24, 2.45) is 0 Å². The first-order valence-corrected chi connectivity index (χ1v) is 14.7. The van der Waals surface area contributed by atoms with Gasteiger partial charge in [0.2, 0.25) is 0 Å². The summed E-state index contributed by atoms with van der Waals surface area (Å²) in [6.07, 6.45) is 3.69. The molecule has 44 heavy (non-hydrogen) atoms. The minimum Gasteiger partial charge on any atom is -0.296 e. The van der Waals surface area contributed by atoms with Gasteiger partial charge in [0.15, 0.2) is 0 Å². The van der Waals surface area contributed by atoms with E-state index >= 15 is 0 Å². The maximum Gasteiger partial charge on any atom is 0.111 e. The van der Waals surface area contributed by atoms with Gasteiger partial charge in [-0.3, -0.25) is 19.1 Å². The van der Waals surface area contributed by atoms with Gasteiger partial charge in [0, 0.05) is 34.6 Å². The molecule has 4 aromatic carbocycles. The zero-order valence-electron chi connectivity index (χ0n) is 24.4. The van der Waals surface area contributed by atoms with Crippen LogP contribution in [0.25, 0.3) is 67.1 Å². The summed E-state index contributed by atoms with van der Waals surface area (Å²) < 4.78 is 4.45. The number of pyridine rings is 2. The van der Waals surface area contributed by atoms with Crippen LogP contribution >= 0.6 is 0 Å². The lowest BCUT2D eigenvalue weighted by Gasteiger charge is -2.18. The predicted molar refractivity (Wildman–Crippen MR) is 177 cm³/mol. The molecule has 0 saturated heterocycles. The highest BCUT2D eigenvalue weighted by Gasteiger charge is 2.21. The molecule has 0 unspecified atom stereocenters. The van der Waals surface area contributed by atoms with Gasteiger partial charge in [-0.05, 0) is 62.4 Å². The lowest BCUT2D eigenvalue weighted by molar-refractivity contribution is 1.00. The Balaban J connectivity index is 1.35. The van der Waals surface area contributed by atoms with E-state index < -0.39 is 0 Å². The Morgan fingerprint density at radius 1 is 0.409 bits per heavy atom. The third-order valence-electron chi connectivity index (χ3n) is 8.17. The van der Waals surface area contributed by atoms with Gasteiger partial charge in [0.05, 0.1) is 44.8 Å². The molecule has 8 aromatic rings. The lowest BCUT2D eigenvalue weighted by atomic mass is 9.95. The highest BCUT2D eigenvalue weighted by atomic mass is 15.1. The molecule has 4 aromatic heterocycles. The van der Waals surface area contributed by atoms with Crippen LogP contribution in [0, 0.1) is 13.8 Å². The Morgan fingerprint density at radius 3 is 1.27 bits per heavy atom. The van der Waals surface area contributed by atoms with E-state index in [2.05, 4.69) is 120 Å². The van der Waals surface area contributed by atoms with Gasteiger partial charge >= 0.3 is 0 Å². The molecule has 0 N–H and O–H groups in total. The Morgan fingerprint density at radius 2 is 0.795 bits per heavy atom. The van der Waals surface area contributed by atoms with Crippen molar-refractivity contribution >= 4 is 22.1 Å². The first-order valence-electron chi connectivity index (χ1n) is 14.7. The molecule has 8 rings (SSSR count). The third kappa shape index (κ3) is 4.11. The van der Waals surface area contributed by atoms with Crippen molar-refractivity contribution in [3.8, 4) is 45.0 Å². The van der Waals surface area contributed by atoms with Gasteiger partial charge in [-0.15, -0.1) is 0 Å². The van der Waals surface area contributed by atoms with Crippen molar-refractivity contribution in [1.82, 2.24) is 29.1 Å². The third-order valence-corrected chi connectivity index (χ3v) is 8.17. The number of benzene rings is 4. The topological polar surface area (TPSA) is 61.4 Å². The largest absolute Gasteiger partial charge is 0.296 e. The molecule has 4 heterocycles. The summed E-state index contributed by atoms with van der Waals surface area (Å²) in [6, 6.07) is 41.7. The second-order valence-electron chi connectivity index (χ2n) is 10.8. The van der Waals surface area contributed by atoms with Crippen LogP contribution < -0.4 is 0 Å². The molecule has 0 aliphatic carbocycles. The molecule has 0 bridgehead atoms. The van der Waals surface area contributed by atoms with Crippen LogP contribution in [-0.2, 0) is 0 Å². The van der Waals surface area contributed by atoms with Crippen LogP contribution in [-0.4, -0.2) is 29.1 Å².